The van der Waals surface area contributed by atoms with Crippen LogP contribution in [-0.4, -0.2) is 24.7 Å². The van der Waals surface area contributed by atoms with E-state index in [-0.39, 0.29) is 5.82 Å². The molecule has 4 heteroatoms. The molecule has 1 saturated heterocycles. The lowest BCUT2D eigenvalue weighted by molar-refractivity contribution is -0.120. The molecule has 1 aromatic rings. The number of hydrogen-bond acceptors (Lipinski definition) is 3. The molecule has 0 unspecified atom stereocenters. The molecule has 0 aromatic heterocycles. The smallest absolute Gasteiger partial charge is 0.189 e. The first-order valence-electron chi connectivity index (χ1n) is 6.14. The highest BCUT2D eigenvalue weighted by Crippen LogP contribution is 2.43. The number of halogens is 1. The van der Waals surface area contributed by atoms with Gasteiger partial charge in [-0.25, -0.2) is 4.39 Å². The van der Waals surface area contributed by atoms with Gasteiger partial charge >= 0.3 is 0 Å². The van der Waals surface area contributed by atoms with E-state index in [1.165, 1.54) is 12.1 Å². The van der Waals surface area contributed by atoms with E-state index in [0.717, 1.165) is 35.4 Å². The number of ether oxygens (including phenoxy) is 2. The van der Waals surface area contributed by atoms with Crippen molar-refractivity contribution in [2.24, 2.45) is 4.99 Å². The third-order valence-electron chi connectivity index (χ3n) is 3.67. The highest BCUT2D eigenvalue weighted by molar-refractivity contribution is 6.29. The summed E-state index contributed by atoms with van der Waals surface area (Å²) in [6.07, 6.45) is 3.56. The van der Waals surface area contributed by atoms with Gasteiger partial charge in [-0.3, -0.25) is 4.99 Å². The highest BCUT2D eigenvalue weighted by Gasteiger charge is 2.40. The summed E-state index contributed by atoms with van der Waals surface area (Å²) in [5.74, 6) is -0.846. The number of benzene rings is 1. The maximum absolute atomic E-state index is 13.3. The Balaban J connectivity index is 1.86. The molecule has 3 nitrogen and oxygen atoms in total. The summed E-state index contributed by atoms with van der Waals surface area (Å²) in [6.45, 7) is 1.23. The number of aliphatic imine (C=N–C) groups is 1. The molecule has 1 aliphatic carbocycles. The molecule has 4 rings (SSSR count). The van der Waals surface area contributed by atoms with Crippen LogP contribution in [0.3, 0.4) is 0 Å². The molecule has 3 aliphatic rings. The number of allylic oxidation sites excluding steroid dienone is 1. The average Bonchev–Trinajstić information content (AvgIpc) is 2.95. The quantitative estimate of drug-likeness (QED) is 0.703. The number of rotatable bonds is 0. The molecule has 92 valence electrons. The molecule has 1 fully saturated rings. The predicted molar refractivity (Wildman–Crippen MR) is 65.3 cm³/mol. The van der Waals surface area contributed by atoms with Crippen LogP contribution < -0.4 is 0 Å². The zero-order valence-corrected chi connectivity index (χ0v) is 9.78. The van der Waals surface area contributed by atoms with Crippen molar-refractivity contribution < 1.29 is 13.9 Å². The first-order valence-corrected chi connectivity index (χ1v) is 6.14. The molecule has 2 aliphatic heterocycles. The summed E-state index contributed by atoms with van der Waals surface area (Å²) in [5, 5.41) is 0. The van der Waals surface area contributed by atoms with Crippen molar-refractivity contribution in [3.8, 4) is 0 Å². The molecular weight excluding hydrogens is 233 g/mol. The predicted octanol–water partition coefficient (Wildman–Crippen LogP) is 2.83. The second kappa shape index (κ2) is 3.49. The minimum atomic E-state index is -0.609. The Morgan fingerprint density at radius 1 is 1.22 bits per heavy atom. The van der Waals surface area contributed by atoms with Crippen molar-refractivity contribution in [2.45, 2.75) is 18.6 Å². The largest absolute Gasteiger partial charge is 0.344 e. The van der Waals surface area contributed by atoms with E-state index in [4.69, 9.17) is 9.47 Å². The van der Waals surface area contributed by atoms with Crippen molar-refractivity contribution in [2.75, 3.05) is 13.2 Å². The van der Waals surface area contributed by atoms with Gasteiger partial charge in [-0.2, -0.15) is 0 Å². The Hall–Kier alpha value is -1.52. The molecule has 0 amide bonds. The van der Waals surface area contributed by atoms with Gasteiger partial charge in [0.2, 0.25) is 0 Å². The zero-order chi connectivity index (χ0) is 12.2. The van der Waals surface area contributed by atoms with Crippen LogP contribution in [0.25, 0.3) is 5.57 Å². The third kappa shape index (κ3) is 1.39. The van der Waals surface area contributed by atoms with Gasteiger partial charge in [0.25, 0.3) is 0 Å². The number of hydrogen-bond donors (Lipinski definition) is 0. The van der Waals surface area contributed by atoms with Gasteiger partial charge < -0.3 is 9.47 Å². The molecule has 0 N–H and O–H groups in total. The molecule has 18 heavy (non-hydrogen) atoms. The first-order chi connectivity index (χ1) is 8.76. The highest BCUT2D eigenvalue weighted by atomic mass is 19.1. The van der Waals surface area contributed by atoms with Crippen LogP contribution in [0, 0.1) is 5.82 Å². The third-order valence-corrected chi connectivity index (χ3v) is 3.67. The molecule has 0 atom stereocenters. The van der Waals surface area contributed by atoms with E-state index in [1.54, 1.807) is 6.07 Å². The Morgan fingerprint density at radius 2 is 2.06 bits per heavy atom. The first kappa shape index (κ1) is 10.4. The lowest BCUT2D eigenvalue weighted by Crippen LogP contribution is -2.32. The maximum Gasteiger partial charge on any atom is 0.189 e. The molecule has 0 bridgehead atoms. The van der Waals surface area contributed by atoms with Crippen molar-refractivity contribution >= 4 is 17.0 Å². The lowest BCUT2D eigenvalue weighted by Gasteiger charge is -2.28. The van der Waals surface area contributed by atoms with E-state index in [9.17, 15) is 4.39 Å². The molecule has 1 aromatic carbocycles. The minimum absolute atomic E-state index is 0.237. The standard InChI is InChI=1S/C14H12FNO2/c15-9-1-2-12-10(7-9)11-8-14(17-5-6-18-14)4-3-13(11)16-12/h1-2,7-8H,3-6H2. The average molecular weight is 245 g/mol. The van der Waals surface area contributed by atoms with Crippen LogP contribution in [0.5, 0.6) is 0 Å². The Kier molecular flexibility index (Phi) is 2.02. The fourth-order valence-corrected chi connectivity index (χ4v) is 2.82. The summed E-state index contributed by atoms with van der Waals surface area (Å²) in [5.41, 5.74) is 3.67. The van der Waals surface area contributed by atoms with Gasteiger partial charge in [0, 0.05) is 23.3 Å². The second-order valence-electron chi connectivity index (χ2n) is 4.79. The van der Waals surface area contributed by atoms with Gasteiger partial charge in [-0.1, -0.05) is 0 Å². The van der Waals surface area contributed by atoms with E-state index >= 15 is 0 Å². The molecule has 0 saturated carbocycles. The van der Waals surface area contributed by atoms with Crippen LogP contribution >= 0.6 is 0 Å². The van der Waals surface area contributed by atoms with Gasteiger partial charge in [-0.05, 0) is 30.7 Å². The maximum atomic E-state index is 13.3. The van der Waals surface area contributed by atoms with Crippen LogP contribution in [0.1, 0.15) is 18.4 Å². The summed E-state index contributed by atoms with van der Waals surface area (Å²) in [7, 11) is 0. The van der Waals surface area contributed by atoms with Gasteiger partial charge in [0.15, 0.2) is 5.79 Å². The van der Waals surface area contributed by atoms with Crippen molar-refractivity contribution in [3.05, 3.63) is 35.7 Å². The second-order valence-corrected chi connectivity index (χ2v) is 4.79. The van der Waals surface area contributed by atoms with Crippen LogP contribution in [0.15, 0.2) is 29.3 Å². The summed E-state index contributed by atoms with van der Waals surface area (Å²) in [4.78, 5) is 4.54. The Morgan fingerprint density at radius 3 is 2.89 bits per heavy atom. The van der Waals surface area contributed by atoms with Crippen LogP contribution in [0.2, 0.25) is 0 Å². The SMILES string of the molecule is Fc1ccc2c(c1)C1=CC3(CCC1=N2)OCCO3. The molecule has 2 heterocycles. The van der Waals surface area contributed by atoms with Crippen molar-refractivity contribution in [1.29, 1.82) is 0 Å². The van der Waals surface area contributed by atoms with E-state index in [0.29, 0.717) is 13.2 Å². The van der Waals surface area contributed by atoms with Gasteiger partial charge in [0.1, 0.15) is 5.82 Å². The number of nitrogens with zero attached hydrogens (tertiary/aromatic N) is 1. The van der Waals surface area contributed by atoms with Gasteiger partial charge in [-0.15, -0.1) is 0 Å². The van der Waals surface area contributed by atoms with Crippen LogP contribution in [0.4, 0.5) is 10.1 Å². The topological polar surface area (TPSA) is 30.8 Å². The monoisotopic (exact) mass is 245 g/mol. The lowest BCUT2D eigenvalue weighted by atomic mass is 9.90. The fraction of sp³-hybridized carbons (Fsp3) is 0.357. The number of fused-ring (bicyclic) bond motifs is 3. The van der Waals surface area contributed by atoms with Gasteiger partial charge in [0.05, 0.1) is 18.9 Å². The summed E-state index contributed by atoms with van der Waals surface area (Å²) < 4.78 is 24.7. The van der Waals surface area contributed by atoms with E-state index < -0.39 is 5.79 Å². The van der Waals surface area contributed by atoms with E-state index in [1.807, 2.05) is 6.08 Å². The Bertz CT molecular complexity index is 585. The minimum Gasteiger partial charge on any atom is -0.344 e. The summed E-state index contributed by atoms with van der Waals surface area (Å²) >= 11 is 0. The van der Waals surface area contributed by atoms with Crippen molar-refractivity contribution in [3.63, 3.8) is 0 Å². The molecule has 0 radical (unpaired) electrons. The van der Waals surface area contributed by atoms with Crippen molar-refractivity contribution in [1.82, 2.24) is 0 Å². The zero-order valence-electron chi connectivity index (χ0n) is 9.78. The molecular formula is C14H12FNO2. The van der Waals surface area contributed by atoms with Crippen LogP contribution in [-0.2, 0) is 9.47 Å². The fourth-order valence-electron chi connectivity index (χ4n) is 2.82. The summed E-state index contributed by atoms with van der Waals surface area (Å²) in [6, 6.07) is 4.70. The Labute approximate surface area is 104 Å². The normalized spacial score (nSPS) is 23.6. The molecule has 1 spiro atoms. The van der Waals surface area contributed by atoms with E-state index in [2.05, 4.69) is 4.99 Å².